The summed E-state index contributed by atoms with van der Waals surface area (Å²) in [7, 11) is 1.60. The van der Waals surface area contributed by atoms with Crippen LogP contribution < -0.4 is 10.1 Å². The number of amides is 1. The van der Waals surface area contributed by atoms with Gasteiger partial charge in [0, 0.05) is 12.1 Å². The minimum atomic E-state index is -0.822. The Labute approximate surface area is 136 Å². The number of para-hydroxylation sites is 1. The van der Waals surface area contributed by atoms with E-state index in [1.165, 1.54) is 0 Å². The Morgan fingerprint density at radius 3 is 2.35 bits per heavy atom. The van der Waals surface area contributed by atoms with Crippen LogP contribution in [0.25, 0.3) is 0 Å². The molecule has 3 saturated carbocycles. The molecule has 0 spiro atoms. The van der Waals surface area contributed by atoms with Gasteiger partial charge in [0.15, 0.2) is 0 Å². The number of methoxy groups -OCH3 is 1. The first-order chi connectivity index (χ1) is 11.1. The number of ether oxygens (including phenoxy) is 1. The molecule has 0 heterocycles. The average molecular weight is 317 g/mol. The maximum absolute atomic E-state index is 12.7. The van der Waals surface area contributed by atoms with Crippen molar-refractivity contribution in [3.05, 3.63) is 29.8 Å². The standard InChI is InChI=1S/C18H23NO4/c1-23-14-5-3-2-4-13(14)10-19-17(20)15-11-6-8-12(9-7-11)16(15)18(21)22/h2-5,11-12,15-16H,6-10H2,1H3,(H,19,20)(H,21,22)/t11?,12?,15-,16+/m1/s1. The van der Waals surface area contributed by atoms with Gasteiger partial charge in [-0.2, -0.15) is 0 Å². The summed E-state index contributed by atoms with van der Waals surface area (Å²) in [6, 6.07) is 7.53. The van der Waals surface area contributed by atoms with Crippen molar-refractivity contribution < 1.29 is 19.4 Å². The van der Waals surface area contributed by atoms with Gasteiger partial charge in [0.2, 0.25) is 5.91 Å². The van der Waals surface area contributed by atoms with Gasteiger partial charge in [-0.3, -0.25) is 9.59 Å². The van der Waals surface area contributed by atoms with E-state index in [2.05, 4.69) is 5.32 Å². The second kappa shape index (κ2) is 6.60. The maximum atomic E-state index is 12.7. The quantitative estimate of drug-likeness (QED) is 0.874. The van der Waals surface area contributed by atoms with E-state index in [1.807, 2.05) is 24.3 Å². The molecule has 3 aliphatic carbocycles. The van der Waals surface area contributed by atoms with Crippen LogP contribution in [0.2, 0.25) is 0 Å². The Morgan fingerprint density at radius 1 is 1.13 bits per heavy atom. The van der Waals surface area contributed by atoms with Gasteiger partial charge in [-0.25, -0.2) is 0 Å². The third-order valence-electron chi connectivity index (χ3n) is 5.45. The van der Waals surface area contributed by atoms with Crippen LogP contribution >= 0.6 is 0 Å². The van der Waals surface area contributed by atoms with Crippen molar-refractivity contribution in [2.24, 2.45) is 23.7 Å². The molecule has 2 bridgehead atoms. The van der Waals surface area contributed by atoms with E-state index in [4.69, 9.17) is 4.74 Å². The molecule has 2 N–H and O–H groups in total. The Hall–Kier alpha value is -2.04. The third kappa shape index (κ3) is 3.05. The maximum Gasteiger partial charge on any atom is 0.307 e. The molecule has 0 unspecified atom stereocenters. The van der Waals surface area contributed by atoms with Crippen LogP contribution in [0.5, 0.6) is 5.75 Å². The van der Waals surface area contributed by atoms with E-state index >= 15 is 0 Å². The van der Waals surface area contributed by atoms with Gasteiger partial charge in [-0.15, -0.1) is 0 Å². The zero-order valence-electron chi connectivity index (χ0n) is 13.3. The highest BCUT2D eigenvalue weighted by Crippen LogP contribution is 2.49. The fraction of sp³-hybridized carbons (Fsp3) is 0.556. The van der Waals surface area contributed by atoms with Gasteiger partial charge in [0.1, 0.15) is 5.75 Å². The zero-order valence-corrected chi connectivity index (χ0v) is 13.3. The Bertz CT molecular complexity index is 592. The molecule has 1 aromatic rings. The van der Waals surface area contributed by atoms with Crippen LogP contribution in [-0.2, 0) is 16.1 Å². The molecule has 5 nitrogen and oxygen atoms in total. The molecule has 0 saturated heterocycles. The van der Waals surface area contributed by atoms with Gasteiger partial charge in [-0.1, -0.05) is 18.2 Å². The van der Waals surface area contributed by atoms with Crippen molar-refractivity contribution in [3.8, 4) is 5.75 Å². The number of aliphatic carboxylic acids is 1. The predicted octanol–water partition coefficient (Wildman–Crippen LogP) is 2.45. The first kappa shape index (κ1) is 15.8. The molecule has 124 valence electrons. The number of benzene rings is 1. The summed E-state index contributed by atoms with van der Waals surface area (Å²) < 4.78 is 5.29. The number of carbonyl (C=O) groups excluding carboxylic acids is 1. The fourth-order valence-corrected chi connectivity index (χ4v) is 4.33. The number of fused-ring (bicyclic) bond motifs is 3. The van der Waals surface area contributed by atoms with E-state index in [-0.39, 0.29) is 17.7 Å². The van der Waals surface area contributed by atoms with E-state index in [1.54, 1.807) is 7.11 Å². The fourth-order valence-electron chi connectivity index (χ4n) is 4.33. The summed E-state index contributed by atoms with van der Waals surface area (Å²) in [5.41, 5.74) is 0.899. The van der Waals surface area contributed by atoms with Gasteiger partial charge in [-0.05, 0) is 43.6 Å². The molecule has 3 aliphatic rings. The van der Waals surface area contributed by atoms with Crippen molar-refractivity contribution in [1.82, 2.24) is 5.32 Å². The van der Waals surface area contributed by atoms with Crippen LogP contribution in [0, 0.1) is 23.7 Å². The summed E-state index contributed by atoms with van der Waals surface area (Å²) >= 11 is 0. The van der Waals surface area contributed by atoms with Gasteiger partial charge in [0.25, 0.3) is 0 Å². The van der Waals surface area contributed by atoms with Crippen molar-refractivity contribution in [3.63, 3.8) is 0 Å². The molecule has 2 atom stereocenters. The lowest BCUT2D eigenvalue weighted by Crippen LogP contribution is -2.50. The molecule has 23 heavy (non-hydrogen) atoms. The van der Waals surface area contributed by atoms with Crippen LogP contribution in [0.15, 0.2) is 24.3 Å². The first-order valence-corrected chi connectivity index (χ1v) is 8.24. The second-order valence-electron chi connectivity index (χ2n) is 6.59. The molecule has 0 radical (unpaired) electrons. The SMILES string of the molecule is COc1ccccc1CNC(=O)[C@@H]1C2CCC(CC2)[C@@H]1C(=O)O. The van der Waals surface area contributed by atoms with Crippen molar-refractivity contribution in [2.45, 2.75) is 32.2 Å². The number of hydrogen-bond acceptors (Lipinski definition) is 3. The smallest absolute Gasteiger partial charge is 0.307 e. The normalized spacial score (nSPS) is 29.1. The number of carboxylic acids is 1. The third-order valence-corrected chi connectivity index (χ3v) is 5.45. The van der Waals surface area contributed by atoms with E-state index < -0.39 is 17.8 Å². The van der Waals surface area contributed by atoms with Gasteiger partial charge >= 0.3 is 5.97 Å². The van der Waals surface area contributed by atoms with Crippen molar-refractivity contribution in [2.75, 3.05) is 7.11 Å². The van der Waals surface area contributed by atoms with E-state index in [0.29, 0.717) is 6.54 Å². The minimum absolute atomic E-state index is 0.127. The minimum Gasteiger partial charge on any atom is -0.496 e. The van der Waals surface area contributed by atoms with Gasteiger partial charge < -0.3 is 15.2 Å². The summed E-state index contributed by atoms with van der Waals surface area (Å²) in [4.78, 5) is 24.3. The van der Waals surface area contributed by atoms with Crippen LogP contribution in [0.4, 0.5) is 0 Å². The largest absolute Gasteiger partial charge is 0.496 e. The number of rotatable bonds is 5. The molecule has 3 fully saturated rings. The predicted molar refractivity (Wildman–Crippen MR) is 84.9 cm³/mol. The first-order valence-electron chi connectivity index (χ1n) is 8.24. The summed E-state index contributed by atoms with van der Waals surface area (Å²) in [6.45, 7) is 0.364. The molecule has 1 aromatic carbocycles. The van der Waals surface area contributed by atoms with Crippen molar-refractivity contribution in [1.29, 1.82) is 0 Å². The highest BCUT2D eigenvalue weighted by Gasteiger charge is 2.50. The summed E-state index contributed by atoms with van der Waals surface area (Å²) in [5, 5.41) is 12.5. The van der Waals surface area contributed by atoms with Crippen molar-refractivity contribution >= 4 is 11.9 Å². The van der Waals surface area contributed by atoms with Crippen LogP contribution in [-0.4, -0.2) is 24.1 Å². The van der Waals surface area contributed by atoms with Gasteiger partial charge in [0.05, 0.1) is 18.9 Å². The topological polar surface area (TPSA) is 75.6 Å². The highest BCUT2D eigenvalue weighted by atomic mass is 16.5. The molecule has 1 amide bonds. The summed E-state index contributed by atoms with van der Waals surface area (Å²) in [5.74, 6) is -0.782. The monoisotopic (exact) mass is 317 g/mol. The molecule has 4 rings (SSSR count). The van der Waals surface area contributed by atoms with Crippen LogP contribution in [0.3, 0.4) is 0 Å². The summed E-state index contributed by atoms with van der Waals surface area (Å²) in [6.07, 6.45) is 3.83. The second-order valence-corrected chi connectivity index (χ2v) is 6.59. The average Bonchev–Trinajstić information content (AvgIpc) is 2.59. The Balaban J connectivity index is 1.70. The molecule has 5 heteroatoms. The number of hydrogen-bond donors (Lipinski definition) is 2. The number of nitrogens with one attached hydrogen (secondary N) is 1. The zero-order chi connectivity index (χ0) is 16.4. The lowest BCUT2D eigenvalue weighted by molar-refractivity contribution is -0.158. The van der Waals surface area contributed by atoms with E-state index in [0.717, 1.165) is 37.0 Å². The number of carboxylic acid groups (broad SMARTS) is 1. The van der Waals surface area contributed by atoms with E-state index in [9.17, 15) is 14.7 Å². The highest BCUT2D eigenvalue weighted by molar-refractivity contribution is 5.85. The molecule has 0 aliphatic heterocycles. The van der Waals surface area contributed by atoms with Crippen LogP contribution in [0.1, 0.15) is 31.2 Å². The lowest BCUT2D eigenvalue weighted by Gasteiger charge is -2.45. The lowest BCUT2D eigenvalue weighted by atomic mass is 9.58. The Morgan fingerprint density at radius 2 is 1.74 bits per heavy atom. The Kier molecular flexibility index (Phi) is 4.55. The molecule has 0 aromatic heterocycles. The number of carbonyl (C=O) groups is 2. The molecular formula is C18H23NO4. The molecular weight excluding hydrogens is 294 g/mol.